The lowest BCUT2D eigenvalue weighted by atomic mass is 10.1. The van der Waals surface area contributed by atoms with Gasteiger partial charge in [-0.15, -0.1) is 12.4 Å². The molecule has 0 spiro atoms. The number of sulfonamides is 1. The molecule has 0 bridgehead atoms. The highest BCUT2D eigenvalue weighted by molar-refractivity contribution is 7.89. The Morgan fingerprint density at radius 2 is 1.68 bits per heavy atom. The molecule has 2 rings (SSSR count). The molecule has 0 saturated carbocycles. The lowest BCUT2D eigenvalue weighted by molar-refractivity contribution is -0.115. The molecule has 0 aliphatic rings. The SMILES string of the molecule is COc1cccc(OC)c1CC(=O)Nc1cccc(S(=O)(=O)NCCN)c1.Cl. The first-order valence-electron chi connectivity index (χ1n) is 8.20. The molecule has 154 valence electrons. The smallest absolute Gasteiger partial charge is 0.240 e. The summed E-state index contributed by atoms with van der Waals surface area (Å²) in [5.74, 6) is 0.737. The fourth-order valence-corrected chi connectivity index (χ4v) is 3.58. The van der Waals surface area contributed by atoms with Crippen LogP contribution in [0.4, 0.5) is 5.69 Å². The van der Waals surface area contributed by atoms with E-state index in [-0.39, 0.29) is 42.7 Å². The van der Waals surface area contributed by atoms with E-state index in [4.69, 9.17) is 15.2 Å². The first kappa shape index (κ1) is 23.7. The van der Waals surface area contributed by atoms with Crippen LogP contribution in [0.3, 0.4) is 0 Å². The standard InChI is InChI=1S/C18H23N3O5S.ClH/c1-25-16-7-4-8-17(26-2)15(16)12-18(22)21-13-5-3-6-14(11-13)27(23,24)20-10-9-19;/h3-8,11,20H,9-10,12,19H2,1-2H3,(H,21,22);1H. The molecule has 0 atom stereocenters. The first-order valence-corrected chi connectivity index (χ1v) is 9.69. The molecule has 28 heavy (non-hydrogen) atoms. The monoisotopic (exact) mass is 429 g/mol. The Morgan fingerprint density at radius 1 is 1.07 bits per heavy atom. The summed E-state index contributed by atoms with van der Waals surface area (Å²) in [5.41, 5.74) is 6.30. The highest BCUT2D eigenvalue weighted by Gasteiger charge is 2.16. The molecule has 0 fully saturated rings. The molecular weight excluding hydrogens is 406 g/mol. The van der Waals surface area contributed by atoms with Gasteiger partial charge in [-0.05, 0) is 30.3 Å². The molecule has 0 aromatic heterocycles. The lowest BCUT2D eigenvalue weighted by Crippen LogP contribution is -2.29. The normalized spacial score (nSPS) is 10.7. The molecule has 0 aliphatic carbocycles. The summed E-state index contributed by atoms with van der Waals surface area (Å²) in [6, 6.07) is 11.2. The van der Waals surface area contributed by atoms with Gasteiger partial charge in [0.1, 0.15) is 11.5 Å². The third-order valence-electron chi connectivity index (χ3n) is 3.73. The van der Waals surface area contributed by atoms with Gasteiger partial charge in [-0.1, -0.05) is 12.1 Å². The van der Waals surface area contributed by atoms with E-state index in [0.717, 1.165) is 0 Å². The minimum atomic E-state index is -3.68. The van der Waals surface area contributed by atoms with E-state index in [2.05, 4.69) is 10.0 Å². The Morgan fingerprint density at radius 3 is 2.25 bits per heavy atom. The van der Waals surface area contributed by atoms with Crippen LogP contribution in [0.5, 0.6) is 11.5 Å². The van der Waals surface area contributed by atoms with Crippen molar-refractivity contribution in [3.63, 3.8) is 0 Å². The zero-order valence-electron chi connectivity index (χ0n) is 15.6. The van der Waals surface area contributed by atoms with Crippen molar-refractivity contribution in [2.24, 2.45) is 5.73 Å². The Bertz CT molecular complexity index is 884. The summed E-state index contributed by atoms with van der Waals surface area (Å²) >= 11 is 0. The molecule has 0 saturated heterocycles. The molecule has 0 heterocycles. The van der Waals surface area contributed by atoms with Gasteiger partial charge in [0.05, 0.1) is 25.5 Å². The summed E-state index contributed by atoms with van der Waals surface area (Å²) in [6.07, 6.45) is 0.00951. The highest BCUT2D eigenvalue weighted by Crippen LogP contribution is 2.29. The van der Waals surface area contributed by atoms with Gasteiger partial charge >= 0.3 is 0 Å². The van der Waals surface area contributed by atoms with E-state index in [0.29, 0.717) is 22.7 Å². The summed E-state index contributed by atoms with van der Waals surface area (Å²) < 4.78 is 37.3. The number of anilines is 1. The third-order valence-corrected chi connectivity index (χ3v) is 5.19. The highest BCUT2D eigenvalue weighted by atomic mass is 35.5. The number of rotatable bonds is 9. The van der Waals surface area contributed by atoms with E-state index >= 15 is 0 Å². The quantitative estimate of drug-likeness (QED) is 0.556. The Balaban J connectivity index is 0.00000392. The maximum absolute atomic E-state index is 12.4. The topological polar surface area (TPSA) is 120 Å². The van der Waals surface area contributed by atoms with Crippen LogP contribution in [0.25, 0.3) is 0 Å². The first-order chi connectivity index (χ1) is 12.9. The predicted molar refractivity (Wildman–Crippen MR) is 110 cm³/mol. The Kier molecular flexibility index (Phi) is 9.20. The number of benzene rings is 2. The van der Waals surface area contributed by atoms with Gasteiger partial charge in [0, 0.05) is 24.3 Å². The maximum atomic E-state index is 12.4. The zero-order chi connectivity index (χ0) is 19.9. The minimum Gasteiger partial charge on any atom is -0.496 e. The fraction of sp³-hybridized carbons (Fsp3) is 0.278. The van der Waals surface area contributed by atoms with Crippen molar-refractivity contribution >= 4 is 34.0 Å². The number of hydrogen-bond acceptors (Lipinski definition) is 6. The second-order valence-electron chi connectivity index (χ2n) is 5.58. The minimum absolute atomic E-state index is 0. The van der Waals surface area contributed by atoms with Gasteiger partial charge in [0.25, 0.3) is 0 Å². The van der Waals surface area contributed by atoms with Crippen LogP contribution in [0.1, 0.15) is 5.56 Å². The number of carbonyl (C=O) groups is 1. The van der Waals surface area contributed by atoms with Gasteiger partial charge in [0.15, 0.2) is 0 Å². The predicted octanol–water partition coefficient (Wildman–Crippen LogP) is 1.54. The van der Waals surface area contributed by atoms with Crippen LogP contribution in [0, 0.1) is 0 Å². The molecule has 10 heteroatoms. The van der Waals surface area contributed by atoms with Crippen LogP contribution in [-0.2, 0) is 21.2 Å². The fourth-order valence-electron chi connectivity index (χ4n) is 2.49. The third kappa shape index (κ3) is 6.10. The second-order valence-corrected chi connectivity index (χ2v) is 7.35. The van der Waals surface area contributed by atoms with E-state index in [1.54, 1.807) is 30.3 Å². The average molecular weight is 430 g/mol. The van der Waals surface area contributed by atoms with Gasteiger partial charge in [0.2, 0.25) is 15.9 Å². The Hall–Kier alpha value is -2.33. The van der Waals surface area contributed by atoms with Gasteiger partial charge < -0.3 is 20.5 Å². The molecule has 0 aliphatic heterocycles. The van der Waals surface area contributed by atoms with Crippen LogP contribution < -0.4 is 25.2 Å². The van der Waals surface area contributed by atoms with Gasteiger partial charge in [-0.2, -0.15) is 0 Å². The van der Waals surface area contributed by atoms with Gasteiger partial charge in [-0.3, -0.25) is 4.79 Å². The Labute approximate surface area is 170 Å². The van der Waals surface area contributed by atoms with Crippen molar-refractivity contribution in [3.05, 3.63) is 48.0 Å². The van der Waals surface area contributed by atoms with Crippen molar-refractivity contribution in [3.8, 4) is 11.5 Å². The number of nitrogens with one attached hydrogen (secondary N) is 2. The zero-order valence-corrected chi connectivity index (χ0v) is 17.2. The number of ether oxygens (including phenoxy) is 2. The summed E-state index contributed by atoms with van der Waals surface area (Å²) in [4.78, 5) is 12.5. The molecule has 0 unspecified atom stereocenters. The number of hydrogen-bond donors (Lipinski definition) is 3. The van der Waals surface area contributed by atoms with Crippen molar-refractivity contribution in [1.82, 2.24) is 4.72 Å². The van der Waals surface area contributed by atoms with Crippen LogP contribution >= 0.6 is 12.4 Å². The molecule has 8 nitrogen and oxygen atoms in total. The van der Waals surface area contributed by atoms with E-state index < -0.39 is 10.0 Å². The van der Waals surface area contributed by atoms with E-state index in [9.17, 15) is 13.2 Å². The maximum Gasteiger partial charge on any atom is 0.240 e. The van der Waals surface area contributed by atoms with Crippen LogP contribution in [0.2, 0.25) is 0 Å². The van der Waals surface area contributed by atoms with E-state index in [1.807, 2.05) is 0 Å². The van der Waals surface area contributed by atoms with Crippen molar-refractivity contribution in [1.29, 1.82) is 0 Å². The molecule has 2 aromatic carbocycles. The second kappa shape index (κ2) is 10.9. The van der Waals surface area contributed by atoms with Crippen molar-refractivity contribution in [2.75, 3.05) is 32.6 Å². The van der Waals surface area contributed by atoms with E-state index in [1.165, 1.54) is 26.4 Å². The molecule has 0 radical (unpaired) electrons. The number of carbonyl (C=O) groups excluding carboxylic acids is 1. The number of halogens is 1. The van der Waals surface area contributed by atoms with Crippen LogP contribution in [-0.4, -0.2) is 41.6 Å². The van der Waals surface area contributed by atoms with Crippen molar-refractivity contribution in [2.45, 2.75) is 11.3 Å². The van der Waals surface area contributed by atoms with Crippen LogP contribution in [0.15, 0.2) is 47.4 Å². The number of nitrogens with two attached hydrogens (primary N) is 1. The lowest BCUT2D eigenvalue weighted by Gasteiger charge is -2.13. The van der Waals surface area contributed by atoms with Gasteiger partial charge in [-0.25, -0.2) is 13.1 Å². The molecule has 4 N–H and O–H groups in total. The van der Waals surface area contributed by atoms with Crippen molar-refractivity contribution < 1.29 is 22.7 Å². The molecule has 1 amide bonds. The molecular formula is C18H24ClN3O5S. The summed E-state index contributed by atoms with van der Waals surface area (Å²) in [6.45, 7) is 0.322. The summed E-state index contributed by atoms with van der Waals surface area (Å²) in [5, 5.41) is 2.69. The number of methoxy groups -OCH3 is 2. The largest absolute Gasteiger partial charge is 0.496 e. The number of amides is 1. The summed E-state index contributed by atoms with van der Waals surface area (Å²) in [7, 11) is -0.657. The average Bonchev–Trinajstić information content (AvgIpc) is 2.66. The molecule has 2 aromatic rings.